The number of aromatic nitrogens is 2. The number of benzene rings is 1. The molecule has 0 aliphatic rings. The van der Waals surface area contributed by atoms with Crippen molar-refractivity contribution in [1.29, 1.82) is 0 Å². The Labute approximate surface area is 111 Å². The van der Waals surface area contributed by atoms with Gasteiger partial charge >= 0.3 is 0 Å². The molecule has 0 bridgehead atoms. The van der Waals surface area contributed by atoms with Crippen molar-refractivity contribution in [3.8, 4) is 17.1 Å². The molecule has 0 amide bonds. The van der Waals surface area contributed by atoms with Crippen molar-refractivity contribution >= 4 is 11.6 Å². The molecule has 1 aromatic carbocycles. The smallest absolute Gasteiger partial charge is 0.144 e. The first-order valence-electron chi connectivity index (χ1n) is 5.64. The van der Waals surface area contributed by atoms with E-state index in [1.807, 2.05) is 36.7 Å². The van der Waals surface area contributed by atoms with Crippen LogP contribution in [0.15, 0.2) is 18.2 Å². The van der Waals surface area contributed by atoms with Gasteiger partial charge in [-0.15, -0.1) is 0 Å². The fraction of sp³-hybridized carbons (Fsp3) is 0.308. The highest BCUT2D eigenvalue weighted by Gasteiger charge is 2.16. The van der Waals surface area contributed by atoms with Crippen molar-refractivity contribution in [3.05, 3.63) is 34.6 Å². The van der Waals surface area contributed by atoms with E-state index in [0.717, 1.165) is 22.7 Å². The highest BCUT2D eigenvalue weighted by atomic mass is 35.5. The lowest BCUT2D eigenvalue weighted by Gasteiger charge is -2.09. The van der Waals surface area contributed by atoms with Gasteiger partial charge in [-0.05, 0) is 19.1 Å². The summed E-state index contributed by atoms with van der Waals surface area (Å²) in [6.07, 6.45) is 0. The number of aryl methyl sites for hydroxylation is 1. The number of nitrogens with two attached hydrogens (primary N) is 1. The lowest BCUT2D eigenvalue weighted by Crippen LogP contribution is -1.97. The predicted octanol–water partition coefficient (Wildman–Crippen LogP) is 2.52. The second-order valence-electron chi connectivity index (χ2n) is 4.14. The number of nitrogens with zero attached hydrogens (tertiary/aromatic N) is 2. The molecule has 1 heterocycles. The fourth-order valence-corrected chi connectivity index (χ4v) is 2.10. The van der Waals surface area contributed by atoms with Crippen molar-refractivity contribution in [1.82, 2.24) is 9.55 Å². The number of halogens is 1. The van der Waals surface area contributed by atoms with Gasteiger partial charge in [-0.25, -0.2) is 4.98 Å². The van der Waals surface area contributed by atoms with Crippen LogP contribution in [0.2, 0.25) is 5.15 Å². The van der Waals surface area contributed by atoms with Crippen LogP contribution in [0.3, 0.4) is 0 Å². The Morgan fingerprint density at radius 2 is 2.17 bits per heavy atom. The average molecular weight is 266 g/mol. The molecule has 5 heteroatoms. The summed E-state index contributed by atoms with van der Waals surface area (Å²) in [7, 11) is 3.51. The third-order valence-electron chi connectivity index (χ3n) is 2.88. The van der Waals surface area contributed by atoms with Gasteiger partial charge in [0.15, 0.2) is 0 Å². The van der Waals surface area contributed by atoms with E-state index in [4.69, 9.17) is 22.1 Å². The second-order valence-corrected chi connectivity index (χ2v) is 4.50. The summed E-state index contributed by atoms with van der Waals surface area (Å²) in [6, 6.07) is 5.95. The molecular formula is C13H16ClN3O. The minimum Gasteiger partial charge on any atom is -0.496 e. The van der Waals surface area contributed by atoms with Crippen molar-refractivity contribution in [3.63, 3.8) is 0 Å². The number of imidazole rings is 1. The molecule has 2 rings (SSSR count). The first-order valence-corrected chi connectivity index (χ1v) is 6.02. The largest absolute Gasteiger partial charge is 0.496 e. The zero-order chi connectivity index (χ0) is 13.3. The molecule has 2 N–H and O–H groups in total. The van der Waals surface area contributed by atoms with Crippen LogP contribution in [-0.2, 0) is 13.6 Å². The van der Waals surface area contributed by atoms with Crippen LogP contribution in [0.4, 0.5) is 0 Å². The van der Waals surface area contributed by atoms with E-state index in [1.165, 1.54) is 0 Å². The molecule has 0 unspecified atom stereocenters. The van der Waals surface area contributed by atoms with Crippen LogP contribution in [0, 0.1) is 6.92 Å². The van der Waals surface area contributed by atoms with Gasteiger partial charge in [0.05, 0.1) is 18.4 Å². The van der Waals surface area contributed by atoms with Gasteiger partial charge < -0.3 is 15.0 Å². The second kappa shape index (κ2) is 5.00. The molecule has 96 valence electrons. The summed E-state index contributed by atoms with van der Waals surface area (Å²) < 4.78 is 7.19. The summed E-state index contributed by atoms with van der Waals surface area (Å²) in [4.78, 5) is 4.47. The van der Waals surface area contributed by atoms with Crippen molar-refractivity contribution in [2.24, 2.45) is 12.8 Å². The topological polar surface area (TPSA) is 53.1 Å². The molecule has 1 aromatic heterocycles. The summed E-state index contributed by atoms with van der Waals surface area (Å²) in [5.41, 5.74) is 8.37. The number of hydrogen-bond donors (Lipinski definition) is 1. The Morgan fingerprint density at radius 1 is 1.44 bits per heavy atom. The Balaban J connectivity index is 2.64. The molecule has 0 aliphatic carbocycles. The molecule has 0 fully saturated rings. The molecule has 0 saturated heterocycles. The van der Waals surface area contributed by atoms with E-state index in [0.29, 0.717) is 17.4 Å². The number of methoxy groups -OCH3 is 1. The first kappa shape index (κ1) is 12.9. The highest BCUT2D eigenvalue weighted by molar-refractivity contribution is 6.30. The van der Waals surface area contributed by atoms with Crippen LogP contribution in [0.1, 0.15) is 11.3 Å². The third kappa shape index (κ3) is 2.09. The molecular weight excluding hydrogens is 250 g/mol. The third-order valence-corrected chi connectivity index (χ3v) is 3.35. The first-order chi connectivity index (χ1) is 8.58. The molecule has 4 nitrogen and oxygen atoms in total. The van der Waals surface area contributed by atoms with Crippen LogP contribution < -0.4 is 10.5 Å². The van der Waals surface area contributed by atoms with E-state index in [-0.39, 0.29) is 0 Å². The summed E-state index contributed by atoms with van der Waals surface area (Å²) in [6.45, 7) is 2.35. The van der Waals surface area contributed by atoms with Gasteiger partial charge in [0.1, 0.15) is 16.7 Å². The van der Waals surface area contributed by atoms with Gasteiger partial charge in [-0.3, -0.25) is 0 Å². The van der Waals surface area contributed by atoms with E-state index in [2.05, 4.69) is 4.98 Å². The lowest BCUT2D eigenvalue weighted by atomic mass is 10.1. The number of ether oxygens (including phenoxy) is 1. The minimum atomic E-state index is 0.320. The maximum Gasteiger partial charge on any atom is 0.144 e. The lowest BCUT2D eigenvalue weighted by molar-refractivity contribution is 0.416. The van der Waals surface area contributed by atoms with Crippen LogP contribution in [0.25, 0.3) is 11.4 Å². The molecule has 0 radical (unpaired) electrons. The summed E-state index contributed by atoms with van der Waals surface area (Å²) >= 11 is 6.18. The zero-order valence-corrected chi connectivity index (χ0v) is 11.5. The molecule has 18 heavy (non-hydrogen) atoms. The van der Waals surface area contributed by atoms with E-state index in [1.54, 1.807) is 7.11 Å². The summed E-state index contributed by atoms with van der Waals surface area (Å²) in [5, 5.41) is 0.566. The average Bonchev–Trinajstić information content (AvgIpc) is 2.66. The number of rotatable bonds is 3. The van der Waals surface area contributed by atoms with Crippen LogP contribution in [0.5, 0.6) is 5.75 Å². The molecule has 0 atom stereocenters. The SMILES string of the molecule is COc1ccc(C)cc1-c1nc(CN)c(Cl)n1C. The monoisotopic (exact) mass is 265 g/mol. The van der Waals surface area contributed by atoms with Gasteiger partial charge in [-0.2, -0.15) is 0 Å². The normalized spacial score (nSPS) is 10.7. The van der Waals surface area contributed by atoms with Gasteiger partial charge in [0.25, 0.3) is 0 Å². The summed E-state index contributed by atoms with van der Waals surface area (Å²) in [5.74, 6) is 1.54. The highest BCUT2D eigenvalue weighted by Crippen LogP contribution is 2.32. The Bertz CT molecular complexity index is 578. The van der Waals surface area contributed by atoms with Crippen LogP contribution in [-0.4, -0.2) is 16.7 Å². The Hall–Kier alpha value is -1.52. The van der Waals surface area contributed by atoms with Gasteiger partial charge in [0.2, 0.25) is 0 Å². The van der Waals surface area contributed by atoms with Crippen molar-refractivity contribution < 1.29 is 4.74 Å². The standard InChI is InChI=1S/C13H16ClN3O/c1-8-4-5-11(18-3)9(6-8)13-16-10(7-15)12(14)17(13)2/h4-6H,7,15H2,1-3H3. The minimum absolute atomic E-state index is 0.320. The van der Waals surface area contributed by atoms with E-state index in [9.17, 15) is 0 Å². The van der Waals surface area contributed by atoms with Gasteiger partial charge in [-0.1, -0.05) is 23.2 Å². The maximum absolute atomic E-state index is 6.18. The van der Waals surface area contributed by atoms with E-state index < -0.39 is 0 Å². The van der Waals surface area contributed by atoms with Gasteiger partial charge in [0, 0.05) is 13.6 Å². The molecule has 0 saturated carbocycles. The number of hydrogen-bond acceptors (Lipinski definition) is 3. The van der Waals surface area contributed by atoms with Crippen LogP contribution >= 0.6 is 11.6 Å². The maximum atomic E-state index is 6.18. The quantitative estimate of drug-likeness (QED) is 0.928. The molecule has 2 aromatic rings. The zero-order valence-electron chi connectivity index (χ0n) is 10.7. The Morgan fingerprint density at radius 3 is 2.72 bits per heavy atom. The fourth-order valence-electron chi connectivity index (χ4n) is 1.90. The Kier molecular flexibility index (Phi) is 3.59. The van der Waals surface area contributed by atoms with Crippen molar-refractivity contribution in [2.75, 3.05) is 7.11 Å². The predicted molar refractivity (Wildman–Crippen MR) is 72.8 cm³/mol. The van der Waals surface area contributed by atoms with E-state index >= 15 is 0 Å². The molecule has 0 aliphatic heterocycles. The molecule has 0 spiro atoms. The van der Waals surface area contributed by atoms with Crippen molar-refractivity contribution in [2.45, 2.75) is 13.5 Å².